The number of likely N-dealkylation sites (N-methyl/N-ethyl adjacent to an activating group) is 1. The Kier molecular flexibility index (Phi) is 47.1. The molecule has 0 saturated heterocycles. The zero-order valence-corrected chi connectivity index (χ0v) is 45.0. The average Bonchev–Trinajstić information content (AvgIpc) is 3.29. The Balaban J connectivity index is 4.18. The lowest BCUT2D eigenvalue weighted by Crippen LogP contribution is -2.37. The summed E-state index contributed by atoms with van der Waals surface area (Å²) in [5, 5.41) is 0. The van der Waals surface area contributed by atoms with Crippen molar-refractivity contribution in [3.63, 3.8) is 0 Å². The average molecular weight is 962 g/mol. The number of rotatable bonds is 50. The lowest BCUT2D eigenvalue weighted by atomic mass is 10.0. The summed E-state index contributed by atoms with van der Waals surface area (Å²) in [6.45, 7) is 4.08. The summed E-state index contributed by atoms with van der Waals surface area (Å²) in [6.07, 6.45) is 61.4. The first-order valence-corrected chi connectivity index (χ1v) is 29.0. The molecule has 10 heteroatoms. The molecule has 2 unspecified atom stereocenters. The van der Waals surface area contributed by atoms with Crippen molar-refractivity contribution >= 4 is 19.8 Å². The third-order valence-corrected chi connectivity index (χ3v) is 12.8. The van der Waals surface area contributed by atoms with E-state index >= 15 is 0 Å². The molecule has 0 spiro atoms. The smallest absolute Gasteiger partial charge is 0.306 e. The van der Waals surface area contributed by atoms with Gasteiger partial charge in [0.05, 0.1) is 27.7 Å². The summed E-state index contributed by atoms with van der Waals surface area (Å²) in [4.78, 5) is 37.7. The van der Waals surface area contributed by atoms with Crippen molar-refractivity contribution in [3.05, 3.63) is 60.8 Å². The van der Waals surface area contributed by atoms with Gasteiger partial charge in [-0.25, -0.2) is 0 Å². The molecule has 0 bridgehead atoms. The normalized spacial score (nSPS) is 13.8. The Labute approximate surface area is 413 Å². The van der Waals surface area contributed by atoms with E-state index in [0.29, 0.717) is 23.9 Å². The zero-order chi connectivity index (χ0) is 49.2. The van der Waals surface area contributed by atoms with Crippen molar-refractivity contribution in [1.29, 1.82) is 0 Å². The summed E-state index contributed by atoms with van der Waals surface area (Å²) in [5.41, 5.74) is 0. The lowest BCUT2D eigenvalue weighted by molar-refractivity contribution is -0.870. The SMILES string of the molecule is CC/C=C\C/C=C\C/C=C\C/C=C\C/C=C\CCCC(=O)OC(COC(=O)CCCCCCCCCCCCCCCCCCCCCCCCCCCC)COP(=O)([O-])OCC[N+](C)(C)C. The van der Waals surface area contributed by atoms with Crippen molar-refractivity contribution in [2.45, 2.75) is 245 Å². The molecule has 9 nitrogen and oxygen atoms in total. The third-order valence-electron chi connectivity index (χ3n) is 11.8. The monoisotopic (exact) mass is 962 g/mol. The van der Waals surface area contributed by atoms with E-state index < -0.39 is 32.5 Å². The quantitative estimate of drug-likeness (QED) is 0.0195. The number of esters is 2. The number of nitrogens with zero attached hydrogens (tertiary/aromatic N) is 1. The fraction of sp³-hybridized carbons (Fsp3) is 0.789. The number of hydrogen-bond acceptors (Lipinski definition) is 8. The maximum absolute atomic E-state index is 12.7. The van der Waals surface area contributed by atoms with Crippen molar-refractivity contribution in [2.24, 2.45) is 0 Å². The minimum absolute atomic E-state index is 0.0425. The third kappa shape index (κ3) is 52.9. The predicted molar refractivity (Wildman–Crippen MR) is 282 cm³/mol. The molecule has 0 amide bonds. The van der Waals surface area contributed by atoms with Gasteiger partial charge < -0.3 is 27.9 Å². The summed E-state index contributed by atoms with van der Waals surface area (Å²) < 4.78 is 34.0. The van der Waals surface area contributed by atoms with Gasteiger partial charge >= 0.3 is 11.9 Å². The molecule has 0 N–H and O–H groups in total. The van der Waals surface area contributed by atoms with Gasteiger partial charge in [0, 0.05) is 12.8 Å². The summed E-state index contributed by atoms with van der Waals surface area (Å²) in [6, 6.07) is 0. The number of unbranched alkanes of at least 4 members (excludes halogenated alkanes) is 26. The van der Waals surface area contributed by atoms with Crippen LogP contribution in [-0.4, -0.2) is 70.0 Å². The predicted octanol–water partition coefficient (Wildman–Crippen LogP) is 16.1. The van der Waals surface area contributed by atoms with Crippen LogP contribution in [-0.2, 0) is 32.7 Å². The van der Waals surface area contributed by atoms with Crippen molar-refractivity contribution in [2.75, 3.05) is 47.5 Å². The van der Waals surface area contributed by atoms with E-state index in [1.807, 2.05) is 27.2 Å². The maximum atomic E-state index is 12.7. The molecule has 2 atom stereocenters. The van der Waals surface area contributed by atoms with Gasteiger partial charge in [0.1, 0.15) is 19.8 Å². The Hall–Kier alpha value is -2.29. The molecule has 0 fully saturated rings. The molecular formula is C57H104NO8P. The van der Waals surface area contributed by atoms with Gasteiger partial charge in [0.15, 0.2) is 6.10 Å². The Morgan fingerprint density at radius 2 is 0.851 bits per heavy atom. The van der Waals surface area contributed by atoms with E-state index in [1.165, 1.54) is 148 Å². The van der Waals surface area contributed by atoms with Gasteiger partial charge in [-0.2, -0.15) is 0 Å². The molecule has 0 saturated carbocycles. The van der Waals surface area contributed by atoms with Gasteiger partial charge in [-0.3, -0.25) is 14.2 Å². The summed E-state index contributed by atoms with van der Waals surface area (Å²) in [7, 11) is 1.13. The van der Waals surface area contributed by atoms with Gasteiger partial charge in [0.2, 0.25) is 0 Å². The molecule has 0 rings (SSSR count). The maximum Gasteiger partial charge on any atom is 0.306 e. The topological polar surface area (TPSA) is 111 Å². The number of allylic oxidation sites excluding steroid dienone is 10. The highest BCUT2D eigenvalue weighted by atomic mass is 31.2. The van der Waals surface area contributed by atoms with E-state index in [4.69, 9.17) is 18.5 Å². The van der Waals surface area contributed by atoms with Gasteiger partial charge in [-0.15, -0.1) is 0 Å². The van der Waals surface area contributed by atoms with Crippen molar-refractivity contribution in [3.8, 4) is 0 Å². The first kappa shape index (κ1) is 64.7. The highest BCUT2D eigenvalue weighted by Gasteiger charge is 2.21. The van der Waals surface area contributed by atoms with E-state index in [0.717, 1.165) is 51.4 Å². The van der Waals surface area contributed by atoms with E-state index in [2.05, 4.69) is 68.5 Å². The second-order valence-corrected chi connectivity index (χ2v) is 21.0. The van der Waals surface area contributed by atoms with Crippen LogP contribution in [0.25, 0.3) is 0 Å². The number of quaternary nitrogens is 1. The van der Waals surface area contributed by atoms with Crippen LogP contribution >= 0.6 is 7.82 Å². The molecule has 0 aromatic carbocycles. The molecule has 0 aromatic rings. The van der Waals surface area contributed by atoms with Crippen LogP contribution in [0.15, 0.2) is 60.8 Å². The minimum atomic E-state index is -4.65. The largest absolute Gasteiger partial charge is 0.756 e. The fourth-order valence-electron chi connectivity index (χ4n) is 7.58. The standard InChI is InChI=1S/C57H104NO8P/c1-6-8-10-12-14-16-18-20-22-24-25-26-27-28-29-30-31-32-34-35-37-39-41-43-45-47-49-56(59)63-53-55(54-65-67(61,62)64-52-51-58(3,4)5)66-57(60)50-48-46-44-42-40-38-36-33-23-21-19-17-15-13-11-9-7-2/h9,11,15,17,21,23,36,38,42,44,55H,6-8,10,12-14,16,18-20,22,24-35,37,39-41,43,45-54H2,1-5H3/b11-9-,17-15-,23-21-,38-36-,44-42-. The molecule has 0 aliphatic rings. The highest BCUT2D eigenvalue weighted by molar-refractivity contribution is 7.45. The number of carbonyl (C=O) groups excluding carboxylic acids is 2. The first-order chi connectivity index (χ1) is 32.5. The molecule has 0 aliphatic heterocycles. The van der Waals surface area contributed by atoms with Crippen LogP contribution in [0.3, 0.4) is 0 Å². The molecule has 0 heterocycles. The second kappa shape index (κ2) is 48.7. The van der Waals surface area contributed by atoms with E-state index in [9.17, 15) is 19.0 Å². The van der Waals surface area contributed by atoms with Crippen LogP contribution < -0.4 is 4.89 Å². The number of ether oxygens (including phenoxy) is 2. The summed E-state index contributed by atoms with van der Waals surface area (Å²) >= 11 is 0. The zero-order valence-electron chi connectivity index (χ0n) is 44.1. The minimum Gasteiger partial charge on any atom is -0.756 e. The lowest BCUT2D eigenvalue weighted by Gasteiger charge is -2.28. The van der Waals surface area contributed by atoms with Crippen molar-refractivity contribution < 1.29 is 42.1 Å². The van der Waals surface area contributed by atoms with Crippen LogP contribution in [0, 0.1) is 0 Å². The van der Waals surface area contributed by atoms with E-state index in [1.54, 1.807) is 0 Å². The molecule has 0 radical (unpaired) electrons. The summed E-state index contributed by atoms with van der Waals surface area (Å²) in [5.74, 6) is -0.896. The van der Waals surface area contributed by atoms with Crippen LogP contribution in [0.5, 0.6) is 0 Å². The van der Waals surface area contributed by atoms with Gasteiger partial charge in [-0.1, -0.05) is 235 Å². The number of phosphoric ester groups is 1. The Bertz CT molecular complexity index is 1320. The molecule has 0 aromatic heterocycles. The van der Waals surface area contributed by atoms with Gasteiger partial charge in [-0.05, 0) is 51.4 Å². The molecule has 390 valence electrons. The van der Waals surface area contributed by atoms with Gasteiger partial charge in [0.25, 0.3) is 7.82 Å². The Morgan fingerprint density at radius 1 is 0.478 bits per heavy atom. The van der Waals surface area contributed by atoms with Crippen molar-refractivity contribution in [1.82, 2.24) is 0 Å². The van der Waals surface area contributed by atoms with Crippen LogP contribution in [0.1, 0.15) is 239 Å². The molecule has 67 heavy (non-hydrogen) atoms. The molecule has 0 aliphatic carbocycles. The number of carbonyl (C=O) groups is 2. The first-order valence-electron chi connectivity index (χ1n) is 27.5. The fourth-order valence-corrected chi connectivity index (χ4v) is 8.30. The van der Waals surface area contributed by atoms with E-state index in [-0.39, 0.29) is 26.1 Å². The van der Waals surface area contributed by atoms with Crippen LogP contribution in [0.4, 0.5) is 0 Å². The highest BCUT2D eigenvalue weighted by Crippen LogP contribution is 2.38. The second-order valence-electron chi connectivity index (χ2n) is 19.6. The number of hydrogen-bond donors (Lipinski definition) is 0. The van der Waals surface area contributed by atoms with Crippen LogP contribution in [0.2, 0.25) is 0 Å². The molecular weight excluding hydrogens is 858 g/mol. The Morgan fingerprint density at radius 3 is 1.25 bits per heavy atom. The number of phosphoric acid groups is 1.